The molecule has 1 fully saturated rings. The van der Waals surface area contributed by atoms with Crippen LogP contribution in [0.25, 0.3) is 5.52 Å². The molecule has 5 heteroatoms. The highest BCUT2D eigenvalue weighted by Gasteiger charge is 2.32. The first-order valence-electron chi connectivity index (χ1n) is 7.17. The summed E-state index contributed by atoms with van der Waals surface area (Å²) >= 11 is 0. The first-order valence-corrected chi connectivity index (χ1v) is 7.17. The molecular formula is C15H20N4O. The molecule has 0 aromatic carbocycles. The summed E-state index contributed by atoms with van der Waals surface area (Å²) in [7, 11) is 0. The number of carbonyl (C=O) groups excluding carboxylic acids is 1. The molecule has 3 heterocycles. The summed E-state index contributed by atoms with van der Waals surface area (Å²) in [4.78, 5) is 14.8. The number of hydrogen-bond acceptors (Lipinski definition) is 3. The van der Waals surface area contributed by atoms with Crippen LogP contribution < -0.4 is 5.73 Å². The molecule has 0 aliphatic carbocycles. The van der Waals surface area contributed by atoms with Gasteiger partial charge < -0.3 is 10.6 Å². The molecule has 0 spiro atoms. The number of rotatable bonds is 2. The largest absolute Gasteiger partial charge is 0.332 e. The van der Waals surface area contributed by atoms with Crippen molar-refractivity contribution in [2.75, 3.05) is 6.54 Å². The highest BCUT2D eigenvalue weighted by molar-refractivity contribution is 6.01. The number of piperidine rings is 1. The average Bonchev–Trinajstić information content (AvgIpc) is 2.90. The van der Waals surface area contributed by atoms with Gasteiger partial charge in [-0.25, -0.2) is 4.52 Å². The molecule has 1 aliphatic rings. The van der Waals surface area contributed by atoms with Gasteiger partial charge in [-0.2, -0.15) is 5.10 Å². The summed E-state index contributed by atoms with van der Waals surface area (Å²) in [6.07, 6.45) is 6.69. The van der Waals surface area contributed by atoms with Crippen molar-refractivity contribution in [2.45, 2.75) is 38.3 Å². The summed E-state index contributed by atoms with van der Waals surface area (Å²) in [6.45, 7) is 2.63. The summed E-state index contributed by atoms with van der Waals surface area (Å²) in [5, 5.41) is 4.25. The number of aromatic nitrogens is 2. The number of nitrogens with two attached hydrogens (primary N) is 1. The van der Waals surface area contributed by atoms with Crippen molar-refractivity contribution >= 4 is 11.4 Å². The van der Waals surface area contributed by atoms with Crippen molar-refractivity contribution in [1.82, 2.24) is 14.5 Å². The van der Waals surface area contributed by atoms with E-state index >= 15 is 0 Å². The Morgan fingerprint density at radius 1 is 1.45 bits per heavy atom. The summed E-state index contributed by atoms with van der Waals surface area (Å²) in [5.41, 5.74) is 7.36. The quantitative estimate of drug-likeness (QED) is 0.904. The summed E-state index contributed by atoms with van der Waals surface area (Å²) < 4.78 is 1.74. The van der Waals surface area contributed by atoms with Gasteiger partial charge in [0.2, 0.25) is 0 Å². The minimum absolute atomic E-state index is 0.0499. The maximum absolute atomic E-state index is 12.9. The molecule has 0 saturated carbocycles. The van der Waals surface area contributed by atoms with Gasteiger partial charge in [0.1, 0.15) is 0 Å². The van der Waals surface area contributed by atoms with E-state index in [-0.39, 0.29) is 18.0 Å². The third-order valence-electron chi connectivity index (χ3n) is 4.19. The van der Waals surface area contributed by atoms with Crippen LogP contribution in [-0.2, 0) is 0 Å². The molecule has 106 valence electrons. The number of pyridine rings is 1. The van der Waals surface area contributed by atoms with Crippen LogP contribution in [0.2, 0.25) is 0 Å². The van der Waals surface area contributed by atoms with E-state index in [1.165, 1.54) is 0 Å². The fraction of sp³-hybridized carbons (Fsp3) is 0.467. The Bertz CT molecular complexity index is 621. The second-order valence-corrected chi connectivity index (χ2v) is 5.47. The smallest absolute Gasteiger partial charge is 0.258 e. The number of amides is 1. The molecule has 0 radical (unpaired) electrons. The van der Waals surface area contributed by atoms with Crippen LogP contribution >= 0.6 is 0 Å². The van der Waals surface area contributed by atoms with Crippen LogP contribution in [0.4, 0.5) is 0 Å². The monoisotopic (exact) mass is 272 g/mol. The Balaban J connectivity index is 1.98. The fourth-order valence-electron chi connectivity index (χ4n) is 3.12. The van der Waals surface area contributed by atoms with E-state index in [9.17, 15) is 4.79 Å². The van der Waals surface area contributed by atoms with E-state index in [1.54, 1.807) is 10.7 Å². The molecule has 2 unspecified atom stereocenters. The zero-order chi connectivity index (χ0) is 14.1. The van der Waals surface area contributed by atoms with Crippen molar-refractivity contribution in [3.8, 4) is 0 Å². The molecule has 20 heavy (non-hydrogen) atoms. The number of hydrogen-bond donors (Lipinski definition) is 1. The SMILES string of the molecule is CC1CCCC(CN)N1C(=O)c1cnn2ccccc12. The Morgan fingerprint density at radius 3 is 3.10 bits per heavy atom. The van der Waals surface area contributed by atoms with Gasteiger partial charge in [-0.15, -0.1) is 0 Å². The Labute approximate surface area is 118 Å². The Kier molecular flexibility index (Phi) is 3.44. The maximum atomic E-state index is 12.9. The highest BCUT2D eigenvalue weighted by Crippen LogP contribution is 2.25. The molecular weight excluding hydrogens is 252 g/mol. The highest BCUT2D eigenvalue weighted by atomic mass is 16.2. The van der Waals surface area contributed by atoms with Gasteiger partial charge in [0, 0.05) is 24.8 Å². The lowest BCUT2D eigenvalue weighted by atomic mass is 9.95. The van der Waals surface area contributed by atoms with Crippen LogP contribution in [0.3, 0.4) is 0 Å². The Hall–Kier alpha value is -1.88. The van der Waals surface area contributed by atoms with Gasteiger partial charge in [0.25, 0.3) is 5.91 Å². The standard InChI is InChI=1S/C15H20N4O/c1-11-5-4-6-12(9-16)19(11)15(20)13-10-17-18-8-3-2-7-14(13)18/h2-3,7-8,10-12H,4-6,9,16H2,1H3. The lowest BCUT2D eigenvalue weighted by molar-refractivity contribution is 0.0496. The van der Waals surface area contributed by atoms with Gasteiger partial charge in [0.15, 0.2) is 0 Å². The van der Waals surface area contributed by atoms with Crippen molar-refractivity contribution in [2.24, 2.45) is 5.73 Å². The first-order chi connectivity index (χ1) is 9.72. The van der Waals surface area contributed by atoms with Gasteiger partial charge >= 0.3 is 0 Å². The van der Waals surface area contributed by atoms with Crippen molar-refractivity contribution in [1.29, 1.82) is 0 Å². The van der Waals surface area contributed by atoms with E-state index in [1.807, 2.05) is 29.3 Å². The van der Waals surface area contributed by atoms with Gasteiger partial charge in [-0.1, -0.05) is 6.07 Å². The number of nitrogens with zero attached hydrogens (tertiary/aromatic N) is 3. The zero-order valence-corrected chi connectivity index (χ0v) is 11.7. The van der Waals surface area contributed by atoms with Crippen LogP contribution in [0, 0.1) is 0 Å². The normalized spacial score (nSPS) is 23.2. The van der Waals surface area contributed by atoms with Crippen LogP contribution in [-0.4, -0.2) is 39.0 Å². The first kappa shape index (κ1) is 13.1. The molecule has 1 amide bonds. The molecule has 2 atom stereocenters. The Morgan fingerprint density at radius 2 is 2.30 bits per heavy atom. The van der Waals surface area contributed by atoms with Gasteiger partial charge in [0.05, 0.1) is 17.3 Å². The van der Waals surface area contributed by atoms with Crippen LogP contribution in [0.15, 0.2) is 30.6 Å². The zero-order valence-electron chi connectivity index (χ0n) is 11.7. The number of fused-ring (bicyclic) bond motifs is 1. The van der Waals surface area contributed by atoms with Crippen molar-refractivity contribution in [3.63, 3.8) is 0 Å². The predicted octanol–water partition coefficient (Wildman–Crippen LogP) is 1.68. The van der Waals surface area contributed by atoms with E-state index < -0.39 is 0 Å². The van der Waals surface area contributed by atoms with Gasteiger partial charge in [-0.3, -0.25) is 4.79 Å². The molecule has 0 bridgehead atoms. The maximum Gasteiger partial charge on any atom is 0.258 e. The minimum atomic E-state index is 0.0499. The van der Waals surface area contributed by atoms with E-state index in [2.05, 4.69) is 12.0 Å². The van der Waals surface area contributed by atoms with Gasteiger partial charge in [-0.05, 0) is 38.3 Å². The third-order valence-corrected chi connectivity index (χ3v) is 4.19. The van der Waals surface area contributed by atoms with Crippen molar-refractivity contribution in [3.05, 3.63) is 36.2 Å². The van der Waals surface area contributed by atoms with E-state index in [4.69, 9.17) is 5.73 Å². The second kappa shape index (κ2) is 5.25. The van der Waals surface area contributed by atoms with Crippen molar-refractivity contribution < 1.29 is 4.79 Å². The lowest BCUT2D eigenvalue weighted by Crippen LogP contribution is -2.51. The third kappa shape index (κ3) is 2.08. The van der Waals surface area contributed by atoms with E-state index in [0.29, 0.717) is 12.1 Å². The number of likely N-dealkylation sites (tertiary alicyclic amines) is 1. The minimum Gasteiger partial charge on any atom is -0.332 e. The lowest BCUT2D eigenvalue weighted by Gasteiger charge is -2.40. The molecule has 1 aliphatic heterocycles. The fourth-order valence-corrected chi connectivity index (χ4v) is 3.12. The predicted molar refractivity (Wildman–Crippen MR) is 77.5 cm³/mol. The molecule has 2 aromatic heterocycles. The van der Waals surface area contributed by atoms with E-state index in [0.717, 1.165) is 24.8 Å². The second-order valence-electron chi connectivity index (χ2n) is 5.47. The average molecular weight is 272 g/mol. The topological polar surface area (TPSA) is 63.6 Å². The molecule has 1 saturated heterocycles. The summed E-state index contributed by atoms with van der Waals surface area (Å²) in [6, 6.07) is 6.13. The molecule has 2 aromatic rings. The molecule has 3 rings (SSSR count). The van der Waals surface area contributed by atoms with Crippen LogP contribution in [0.1, 0.15) is 36.5 Å². The number of carbonyl (C=O) groups is 1. The molecule has 2 N–H and O–H groups in total. The summed E-state index contributed by atoms with van der Waals surface area (Å²) in [5.74, 6) is 0.0499. The van der Waals surface area contributed by atoms with Crippen LogP contribution in [0.5, 0.6) is 0 Å². The molecule has 5 nitrogen and oxygen atoms in total.